The number of rotatable bonds is 13. The first-order chi connectivity index (χ1) is 15.4. The number of likely N-dealkylation sites (tertiary alicyclic amines) is 1. The van der Waals surface area contributed by atoms with E-state index >= 15 is 0 Å². The van der Waals surface area contributed by atoms with Crippen molar-refractivity contribution >= 4 is 29.7 Å². The predicted molar refractivity (Wildman–Crippen MR) is 120 cm³/mol. The van der Waals surface area contributed by atoms with Gasteiger partial charge in [0.1, 0.15) is 18.1 Å². The van der Waals surface area contributed by atoms with Gasteiger partial charge in [-0.05, 0) is 37.5 Å². The molecule has 3 amide bonds. The molecule has 11 heteroatoms. The molecule has 188 valence electrons. The summed E-state index contributed by atoms with van der Waals surface area (Å²) in [5.41, 5.74) is 5.78. The number of hydrogen-bond donors (Lipinski definition) is 5. The van der Waals surface area contributed by atoms with Gasteiger partial charge >= 0.3 is 11.9 Å². The molecule has 0 aromatic heterocycles. The Morgan fingerprint density at radius 1 is 1.09 bits per heavy atom. The Morgan fingerprint density at radius 3 is 2.24 bits per heavy atom. The van der Waals surface area contributed by atoms with Crippen LogP contribution in [0.2, 0.25) is 0 Å². The van der Waals surface area contributed by atoms with Gasteiger partial charge in [-0.1, -0.05) is 34.1 Å². The summed E-state index contributed by atoms with van der Waals surface area (Å²) in [6.07, 6.45) is 1.51. The van der Waals surface area contributed by atoms with Crippen molar-refractivity contribution in [2.75, 3.05) is 6.54 Å². The van der Waals surface area contributed by atoms with Gasteiger partial charge in [-0.2, -0.15) is 0 Å². The number of carboxylic acid groups (broad SMARTS) is 2. The van der Waals surface area contributed by atoms with E-state index in [0.29, 0.717) is 32.2 Å². The van der Waals surface area contributed by atoms with Crippen LogP contribution < -0.4 is 16.4 Å². The average Bonchev–Trinajstić information content (AvgIpc) is 3.23. The van der Waals surface area contributed by atoms with Crippen LogP contribution >= 0.6 is 0 Å². The molecule has 1 aliphatic heterocycles. The minimum atomic E-state index is -1.13. The van der Waals surface area contributed by atoms with Crippen LogP contribution in [0.25, 0.3) is 0 Å². The summed E-state index contributed by atoms with van der Waals surface area (Å²) in [5.74, 6) is -4.02. The largest absolute Gasteiger partial charge is 0.481 e. The third-order valence-electron chi connectivity index (χ3n) is 5.94. The van der Waals surface area contributed by atoms with E-state index in [9.17, 15) is 29.1 Å². The topological polar surface area (TPSA) is 179 Å². The van der Waals surface area contributed by atoms with Crippen molar-refractivity contribution in [2.24, 2.45) is 17.6 Å². The van der Waals surface area contributed by atoms with Crippen LogP contribution in [0.4, 0.5) is 0 Å². The van der Waals surface area contributed by atoms with Crippen molar-refractivity contribution in [2.45, 2.75) is 90.4 Å². The van der Waals surface area contributed by atoms with E-state index < -0.39 is 53.8 Å². The van der Waals surface area contributed by atoms with Crippen LogP contribution in [0.15, 0.2) is 0 Å². The van der Waals surface area contributed by atoms with Gasteiger partial charge in [0.05, 0.1) is 6.04 Å². The zero-order valence-corrected chi connectivity index (χ0v) is 19.9. The number of hydrogen-bond acceptors (Lipinski definition) is 6. The van der Waals surface area contributed by atoms with Crippen molar-refractivity contribution in [3.8, 4) is 0 Å². The molecule has 5 atom stereocenters. The maximum Gasteiger partial charge on any atom is 0.326 e. The first-order valence-corrected chi connectivity index (χ1v) is 11.5. The van der Waals surface area contributed by atoms with Crippen molar-refractivity contribution in [1.82, 2.24) is 15.5 Å². The van der Waals surface area contributed by atoms with Crippen molar-refractivity contribution in [1.29, 1.82) is 0 Å². The van der Waals surface area contributed by atoms with Crippen molar-refractivity contribution < 1.29 is 34.2 Å². The van der Waals surface area contributed by atoms with Gasteiger partial charge in [-0.15, -0.1) is 0 Å². The summed E-state index contributed by atoms with van der Waals surface area (Å²) in [7, 11) is 0. The molecule has 1 fully saturated rings. The van der Waals surface area contributed by atoms with Crippen molar-refractivity contribution in [3.05, 3.63) is 0 Å². The molecule has 1 aliphatic rings. The number of nitrogens with two attached hydrogens (primary N) is 1. The highest BCUT2D eigenvalue weighted by atomic mass is 16.4. The van der Waals surface area contributed by atoms with E-state index in [1.54, 1.807) is 6.92 Å². The molecule has 1 rings (SSSR count). The van der Waals surface area contributed by atoms with Crippen molar-refractivity contribution in [3.63, 3.8) is 0 Å². The standard InChI is InChI=1S/C22H38N4O7/c1-5-13(4)18(22(32)33)25-20(30)16-7-6-10-26(16)21(31)15(11-12(2)3)24-19(29)14(23)8-9-17(27)28/h12-16,18H,5-11,23H2,1-4H3,(H,24,29)(H,25,30)(H,27,28)(H,32,33). The highest BCUT2D eigenvalue weighted by Crippen LogP contribution is 2.21. The molecule has 1 saturated heterocycles. The lowest BCUT2D eigenvalue weighted by atomic mass is 9.98. The molecule has 0 aromatic rings. The van der Waals surface area contributed by atoms with Gasteiger partial charge in [0.25, 0.3) is 0 Å². The molecule has 0 spiro atoms. The zero-order valence-electron chi connectivity index (χ0n) is 19.9. The number of carboxylic acids is 2. The summed E-state index contributed by atoms with van der Waals surface area (Å²) >= 11 is 0. The lowest BCUT2D eigenvalue weighted by Gasteiger charge is -2.31. The van der Waals surface area contributed by atoms with E-state index in [1.165, 1.54) is 4.90 Å². The summed E-state index contributed by atoms with van der Waals surface area (Å²) in [6.45, 7) is 7.65. The second kappa shape index (κ2) is 13.1. The van der Waals surface area contributed by atoms with Gasteiger partial charge in [0.2, 0.25) is 17.7 Å². The maximum atomic E-state index is 13.3. The quantitative estimate of drug-likeness (QED) is 0.255. The number of aliphatic carboxylic acids is 2. The molecule has 0 bridgehead atoms. The van der Waals surface area contributed by atoms with Crippen LogP contribution in [0.1, 0.15) is 66.2 Å². The first kappa shape index (κ1) is 28.3. The fourth-order valence-corrected chi connectivity index (χ4v) is 3.82. The highest BCUT2D eigenvalue weighted by molar-refractivity contribution is 5.94. The van der Waals surface area contributed by atoms with E-state index in [-0.39, 0.29) is 24.7 Å². The minimum absolute atomic E-state index is 0.0474. The molecule has 0 radical (unpaired) electrons. The molecule has 11 nitrogen and oxygen atoms in total. The Bertz CT molecular complexity index is 728. The second-order valence-electron chi connectivity index (χ2n) is 9.13. The number of nitrogens with zero attached hydrogens (tertiary/aromatic N) is 1. The molecular formula is C22H38N4O7. The molecule has 1 heterocycles. The smallest absolute Gasteiger partial charge is 0.326 e. The lowest BCUT2D eigenvalue weighted by Crippen LogP contribution is -2.57. The SMILES string of the molecule is CCC(C)C(NC(=O)C1CCCN1C(=O)C(CC(C)C)NC(=O)C(N)CCC(=O)O)C(=O)O. The molecule has 0 aromatic carbocycles. The zero-order chi connectivity index (χ0) is 25.3. The highest BCUT2D eigenvalue weighted by Gasteiger charge is 2.39. The van der Waals surface area contributed by atoms with E-state index in [2.05, 4.69) is 10.6 Å². The number of carbonyl (C=O) groups excluding carboxylic acids is 3. The van der Waals surface area contributed by atoms with Crippen LogP contribution in [0, 0.1) is 11.8 Å². The third-order valence-corrected chi connectivity index (χ3v) is 5.94. The molecule has 33 heavy (non-hydrogen) atoms. The van der Waals surface area contributed by atoms with Gasteiger partial charge < -0.3 is 31.5 Å². The fourth-order valence-electron chi connectivity index (χ4n) is 3.82. The number of amides is 3. The van der Waals surface area contributed by atoms with Gasteiger partial charge in [-0.25, -0.2) is 4.79 Å². The maximum absolute atomic E-state index is 13.3. The predicted octanol–water partition coefficient (Wildman–Crippen LogP) is 0.316. The molecule has 0 aliphatic carbocycles. The van der Waals surface area contributed by atoms with Crippen LogP contribution in [0.5, 0.6) is 0 Å². The van der Waals surface area contributed by atoms with Gasteiger partial charge in [0, 0.05) is 13.0 Å². The van der Waals surface area contributed by atoms with Gasteiger partial charge in [-0.3, -0.25) is 19.2 Å². The Morgan fingerprint density at radius 2 is 1.73 bits per heavy atom. The summed E-state index contributed by atoms with van der Waals surface area (Å²) in [6, 6.07) is -3.88. The van der Waals surface area contributed by atoms with E-state index in [0.717, 1.165) is 0 Å². The Kier molecular flexibility index (Phi) is 11.3. The van der Waals surface area contributed by atoms with E-state index in [4.69, 9.17) is 10.8 Å². The number of carbonyl (C=O) groups is 5. The van der Waals surface area contributed by atoms with Gasteiger partial charge in [0.15, 0.2) is 0 Å². The average molecular weight is 471 g/mol. The third kappa shape index (κ3) is 8.64. The fraction of sp³-hybridized carbons (Fsp3) is 0.773. The second-order valence-corrected chi connectivity index (χ2v) is 9.13. The molecular weight excluding hydrogens is 432 g/mol. The van der Waals surface area contributed by atoms with E-state index in [1.807, 2.05) is 20.8 Å². The Labute approximate surface area is 194 Å². The molecule has 6 N–H and O–H groups in total. The first-order valence-electron chi connectivity index (χ1n) is 11.5. The summed E-state index contributed by atoms with van der Waals surface area (Å²) in [4.78, 5) is 62.4. The minimum Gasteiger partial charge on any atom is -0.481 e. The monoisotopic (exact) mass is 470 g/mol. The Balaban J connectivity index is 2.95. The Hall–Kier alpha value is -2.69. The van der Waals surface area contributed by atoms with Crippen LogP contribution in [-0.2, 0) is 24.0 Å². The molecule has 5 unspecified atom stereocenters. The molecule has 0 saturated carbocycles. The normalized spacial score (nSPS) is 19.5. The summed E-state index contributed by atoms with van der Waals surface area (Å²) < 4.78 is 0. The van der Waals surface area contributed by atoms with Crippen LogP contribution in [-0.4, -0.2) is 75.5 Å². The summed E-state index contributed by atoms with van der Waals surface area (Å²) in [5, 5.41) is 23.4. The number of nitrogens with one attached hydrogen (secondary N) is 2. The lowest BCUT2D eigenvalue weighted by molar-refractivity contribution is -0.146. The van der Waals surface area contributed by atoms with Crippen LogP contribution in [0.3, 0.4) is 0 Å².